The molecular weight excluding hydrogens is 292 g/mol. The maximum absolute atomic E-state index is 12.2. The number of benzene rings is 2. The van der Waals surface area contributed by atoms with Gasteiger partial charge in [-0.2, -0.15) is 15.4 Å². The molecule has 0 radical (unpaired) electrons. The van der Waals surface area contributed by atoms with Crippen LogP contribution in [0.25, 0.3) is 11.1 Å². The van der Waals surface area contributed by atoms with Crippen LogP contribution in [-0.2, 0) is 6.42 Å². The van der Waals surface area contributed by atoms with E-state index < -0.39 is 0 Å². The Morgan fingerprint density at radius 3 is 2.70 bits per heavy atom. The Labute approximate surface area is 133 Å². The highest BCUT2D eigenvalue weighted by molar-refractivity contribution is 5.95. The Balaban J connectivity index is 1.66. The van der Waals surface area contributed by atoms with Crippen molar-refractivity contribution in [3.05, 3.63) is 66.0 Å². The molecule has 0 unspecified atom stereocenters. The molecule has 6 nitrogen and oxygen atoms in total. The summed E-state index contributed by atoms with van der Waals surface area (Å²) in [5, 5.41) is 22.4. The first kappa shape index (κ1) is 14.8. The van der Waals surface area contributed by atoms with Crippen molar-refractivity contribution in [2.24, 2.45) is 0 Å². The fourth-order valence-corrected chi connectivity index (χ4v) is 2.25. The van der Waals surface area contributed by atoms with Crippen LogP contribution in [0.15, 0.2) is 54.7 Å². The number of carbonyl (C=O) groups excluding carboxylic acids is 1. The number of hydrogen-bond acceptors (Lipinski definition) is 4. The molecule has 0 fully saturated rings. The van der Waals surface area contributed by atoms with Gasteiger partial charge in [0, 0.05) is 18.5 Å². The van der Waals surface area contributed by atoms with Crippen LogP contribution in [0.5, 0.6) is 5.75 Å². The van der Waals surface area contributed by atoms with Crippen LogP contribution in [0, 0.1) is 0 Å². The maximum Gasteiger partial charge on any atom is 0.251 e. The average molecular weight is 308 g/mol. The van der Waals surface area contributed by atoms with Crippen LogP contribution in [0.2, 0.25) is 0 Å². The lowest BCUT2D eigenvalue weighted by Crippen LogP contribution is -2.25. The van der Waals surface area contributed by atoms with Crippen LogP contribution in [0.3, 0.4) is 0 Å². The largest absolute Gasteiger partial charge is 0.508 e. The molecule has 116 valence electrons. The summed E-state index contributed by atoms with van der Waals surface area (Å²) in [7, 11) is 0. The van der Waals surface area contributed by atoms with Gasteiger partial charge in [0.05, 0.1) is 11.9 Å². The van der Waals surface area contributed by atoms with Gasteiger partial charge >= 0.3 is 0 Å². The molecule has 0 aliphatic heterocycles. The predicted molar refractivity (Wildman–Crippen MR) is 86.0 cm³/mol. The highest BCUT2D eigenvalue weighted by Crippen LogP contribution is 2.22. The first-order chi connectivity index (χ1) is 11.2. The number of aromatic nitrogens is 3. The van der Waals surface area contributed by atoms with Gasteiger partial charge in [0.1, 0.15) is 5.75 Å². The van der Waals surface area contributed by atoms with E-state index in [1.807, 2.05) is 30.3 Å². The zero-order chi connectivity index (χ0) is 16.1. The second-order valence-corrected chi connectivity index (χ2v) is 5.09. The van der Waals surface area contributed by atoms with E-state index in [9.17, 15) is 9.90 Å². The zero-order valence-corrected chi connectivity index (χ0v) is 12.4. The Morgan fingerprint density at radius 2 is 1.96 bits per heavy atom. The molecule has 0 spiro atoms. The van der Waals surface area contributed by atoms with Gasteiger partial charge in [-0.3, -0.25) is 4.79 Å². The first-order valence-corrected chi connectivity index (χ1v) is 7.25. The third-order valence-electron chi connectivity index (χ3n) is 3.46. The molecule has 0 aliphatic rings. The lowest BCUT2D eigenvalue weighted by atomic mass is 10.0. The third-order valence-corrected chi connectivity index (χ3v) is 3.46. The molecule has 2 aromatic carbocycles. The van der Waals surface area contributed by atoms with Gasteiger partial charge in [-0.05, 0) is 35.4 Å². The summed E-state index contributed by atoms with van der Waals surface area (Å²) in [6.45, 7) is 0.495. The number of amides is 1. The molecule has 0 saturated carbocycles. The Bertz CT molecular complexity index is 783. The Morgan fingerprint density at radius 1 is 1.13 bits per heavy atom. The quantitative estimate of drug-likeness (QED) is 0.673. The fraction of sp³-hybridized carbons (Fsp3) is 0.118. The summed E-state index contributed by atoms with van der Waals surface area (Å²) in [5.41, 5.74) is 3.27. The van der Waals surface area contributed by atoms with Gasteiger partial charge in [-0.15, -0.1) is 0 Å². The van der Waals surface area contributed by atoms with E-state index in [1.165, 1.54) is 0 Å². The summed E-state index contributed by atoms with van der Waals surface area (Å²) in [4.78, 5) is 12.2. The number of nitrogens with zero attached hydrogens (tertiary/aromatic N) is 2. The van der Waals surface area contributed by atoms with E-state index in [0.29, 0.717) is 18.5 Å². The van der Waals surface area contributed by atoms with E-state index in [-0.39, 0.29) is 11.7 Å². The minimum absolute atomic E-state index is 0.130. The standard InChI is InChI=1S/C17H16N4O2/c22-16-6-4-12(5-7-16)13-2-1-3-14(10-13)17(23)18-9-8-15-11-19-21-20-15/h1-7,10-11,22H,8-9H2,(H,18,23)(H,19,20,21). The Kier molecular flexibility index (Phi) is 4.33. The monoisotopic (exact) mass is 308 g/mol. The van der Waals surface area contributed by atoms with Crippen molar-refractivity contribution in [1.82, 2.24) is 20.7 Å². The normalized spacial score (nSPS) is 10.4. The van der Waals surface area contributed by atoms with Crippen molar-refractivity contribution in [2.45, 2.75) is 6.42 Å². The molecule has 1 amide bonds. The van der Waals surface area contributed by atoms with Crippen LogP contribution in [-0.4, -0.2) is 33.0 Å². The highest BCUT2D eigenvalue weighted by Gasteiger charge is 2.07. The fourth-order valence-electron chi connectivity index (χ4n) is 2.25. The molecule has 0 aliphatic carbocycles. The minimum atomic E-state index is -0.130. The van der Waals surface area contributed by atoms with Crippen molar-refractivity contribution < 1.29 is 9.90 Å². The summed E-state index contributed by atoms with van der Waals surface area (Å²) < 4.78 is 0. The van der Waals surface area contributed by atoms with E-state index in [2.05, 4.69) is 20.7 Å². The SMILES string of the molecule is O=C(NCCc1cn[nH]n1)c1cccc(-c2ccc(O)cc2)c1. The molecule has 0 atom stereocenters. The number of phenols is 1. The number of carbonyl (C=O) groups is 1. The molecule has 0 saturated heterocycles. The number of nitrogens with one attached hydrogen (secondary N) is 2. The predicted octanol–water partition coefficient (Wildman–Crippen LogP) is 2.15. The topological polar surface area (TPSA) is 90.9 Å². The molecule has 0 bridgehead atoms. The number of H-pyrrole nitrogens is 1. The van der Waals surface area contributed by atoms with Crippen molar-refractivity contribution in [3.8, 4) is 16.9 Å². The first-order valence-electron chi connectivity index (χ1n) is 7.25. The summed E-state index contributed by atoms with van der Waals surface area (Å²) in [6.07, 6.45) is 2.26. The smallest absolute Gasteiger partial charge is 0.251 e. The second kappa shape index (κ2) is 6.74. The number of aromatic amines is 1. The second-order valence-electron chi connectivity index (χ2n) is 5.09. The molecular formula is C17H16N4O2. The number of hydrogen-bond donors (Lipinski definition) is 3. The van der Waals surface area contributed by atoms with Gasteiger partial charge < -0.3 is 10.4 Å². The van der Waals surface area contributed by atoms with Crippen molar-refractivity contribution >= 4 is 5.91 Å². The molecule has 3 rings (SSSR count). The summed E-state index contributed by atoms with van der Waals surface area (Å²) in [6, 6.07) is 14.3. The summed E-state index contributed by atoms with van der Waals surface area (Å²) in [5.74, 6) is 0.0876. The average Bonchev–Trinajstić information content (AvgIpc) is 3.09. The summed E-state index contributed by atoms with van der Waals surface area (Å²) >= 11 is 0. The molecule has 23 heavy (non-hydrogen) atoms. The molecule has 1 aromatic heterocycles. The van der Waals surface area contributed by atoms with Crippen molar-refractivity contribution in [3.63, 3.8) is 0 Å². The third kappa shape index (κ3) is 3.74. The minimum Gasteiger partial charge on any atom is -0.508 e. The van der Waals surface area contributed by atoms with E-state index >= 15 is 0 Å². The van der Waals surface area contributed by atoms with Crippen molar-refractivity contribution in [1.29, 1.82) is 0 Å². The van der Waals surface area contributed by atoms with Gasteiger partial charge in [-0.1, -0.05) is 24.3 Å². The van der Waals surface area contributed by atoms with Gasteiger partial charge in [-0.25, -0.2) is 0 Å². The van der Waals surface area contributed by atoms with Crippen LogP contribution in [0.4, 0.5) is 0 Å². The molecule has 3 aromatic rings. The molecule has 6 heteroatoms. The van der Waals surface area contributed by atoms with E-state index in [1.54, 1.807) is 24.4 Å². The van der Waals surface area contributed by atoms with Crippen LogP contribution >= 0.6 is 0 Å². The van der Waals surface area contributed by atoms with Gasteiger partial charge in [0.25, 0.3) is 5.91 Å². The van der Waals surface area contributed by atoms with Gasteiger partial charge in [0.2, 0.25) is 0 Å². The van der Waals surface area contributed by atoms with Crippen LogP contribution in [0.1, 0.15) is 16.1 Å². The Hall–Kier alpha value is -3.15. The van der Waals surface area contributed by atoms with Crippen molar-refractivity contribution in [2.75, 3.05) is 6.54 Å². The van der Waals surface area contributed by atoms with Crippen LogP contribution < -0.4 is 5.32 Å². The maximum atomic E-state index is 12.2. The lowest BCUT2D eigenvalue weighted by Gasteiger charge is -2.07. The number of phenolic OH excluding ortho intramolecular Hbond substituents is 1. The lowest BCUT2D eigenvalue weighted by molar-refractivity contribution is 0.0954. The molecule has 1 heterocycles. The van der Waals surface area contributed by atoms with E-state index in [4.69, 9.17) is 0 Å². The van der Waals surface area contributed by atoms with Gasteiger partial charge in [0.15, 0.2) is 0 Å². The molecule has 3 N–H and O–H groups in total. The number of aromatic hydroxyl groups is 1. The zero-order valence-electron chi connectivity index (χ0n) is 12.4. The van der Waals surface area contributed by atoms with E-state index in [0.717, 1.165) is 16.8 Å². The highest BCUT2D eigenvalue weighted by atomic mass is 16.3. The number of rotatable bonds is 5.